The molecule has 0 radical (unpaired) electrons. The summed E-state index contributed by atoms with van der Waals surface area (Å²) in [6.07, 6.45) is 0. The molecule has 1 saturated heterocycles. The molecule has 1 N–H and O–H groups in total. The van der Waals surface area contributed by atoms with Crippen LogP contribution in [-0.2, 0) is 9.59 Å². The van der Waals surface area contributed by atoms with Crippen LogP contribution in [-0.4, -0.2) is 78.9 Å². The van der Waals surface area contributed by atoms with Crippen LogP contribution in [0.15, 0.2) is 18.2 Å². The summed E-state index contributed by atoms with van der Waals surface area (Å²) in [6, 6.07) is 3.88. The first kappa shape index (κ1) is 20.6. The summed E-state index contributed by atoms with van der Waals surface area (Å²) in [5.74, 6) is -0.485. The van der Waals surface area contributed by atoms with Gasteiger partial charge in [-0.2, -0.15) is 0 Å². The molecule has 1 aliphatic rings. The summed E-state index contributed by atoms with van der Waals surface area (Å²) in [5, 5.41) is 2.88. The first-order chi connectivity index (χ1) is 12.4. The molecule has 0 unspecified atom stereocenters. The fourth-order valence-electron chi connectivity index (χ4n) is 2.96. The zero-order valence-electron chi connectivity index (χ0n) is 15.3. The van der Waals surface area contributed by atoms with Gasteiger partial charge >= 0.3 is 0 Å². The van der Waals surface area contributed by atoms with Crippen molar-refractivity contribution in [3.63, 3.8) is 0 Å². The number of carbonyl (C=O) groups excluding carboxylic acids is 2. The van der Waals surface area contributed by atoms with Crippen LogP contribution in [0, 0.1) is 5.82 Å². The average Bonchev–Trinajstić information content (AvgIpc) is 2.60. The molecule has 144 valence electrons. The predicted molar refractivity (Wildman–Crippen MR) is 101 cm³/mol. The zero-order chi connectivity index (χ0) is 19.1. The van der Waals surface area contributed by atoms with Crippen LogP contribution in [0.2, 0.25) is 5.02 Å². The van der Waals surface area contributed by atoms with Gasteiger partial charge in [0.25, 0.3) is 0 Å². The van der Waals surface area contributed by atoms with E-state index in [0.717, 1.165) is 39.3 Å². The van der Waals surface area contributed by atoms with Crippen molar-refractivity contribution in [2.45, 2.75) is 13.8 Å². The lowest BCUT2D eigenvalue weighted by molar-refractivity contribution is -0.132. The SMILES string of the molecule is CCN(CC)C(=O)CN1CCN(CC(=O)Nc2ccc(F)cc2Cl)CC1. The lowest BCUT2D eigenvalue weighted by Gasteiger charge is -2.34. The standard InChI is InChI=1S/C18H26ClFN4O2/c1-3-24(4-2)18(26)13-23-9-7-22(8-10-23)12-17(25)21-16-6-5-14(20)11-15(16)19/h5-6,11H,3-4,7-10,12-13H2,1-2H3,(H,21,25). The highest BCUT2D eigenvalue weighted by Gasteiger charge is 2.22. The third-order valence-electron chi connectivity index (χ3n) is 4.51. The second kappa shape index (κ2) is 9.85. The van der Waals surface area contributed by atoms with Crippen molar-refractivity contribution in [3.05, 3.63) is 29.0 Å². The Hall–Kier alpha value is -1.70. The Balaban J connectivity index is 1.76. The van der Waals surface area contributed by atoms with E-state index in [-0.39, 0.29) is 23.4 Å². The Morgan fingerprint density at radius 1 is 1.12 bits per heavy atom. The first-order valence-corrected chi connectivity index (χ1v) is 9.28. The summed E-state index contributed by atoms with van der Waals surface area (Å²) in [6.45, 7) is 9.00. The number of amides is 2. The van der Waals surface area contributed by atoms with Crippen LogP contribution in [0.1, 0.15) is 13.8 Å². The van der Waals surface area contributed by atoms with Gasteiger partial charge in [-0.3, -0.25) is 19.4 Å². The summed E-state index contributed by atoms with van der Waals surface area (Å²) in [7, 11) is 0. The van der Waals surface area contributed by atoms with E-state index in [1.165, 1.54) is 18.2 Å². The average molecular weight is 385 g/mol. The molecule has 1 heterocycles. The highest BCUT2D eigenvalue weighted by molar-refractivity contribution is 6.33. The molecule has 2 amide bonds. The zero-order valence-corrected chi connectivity index (χ0v) is 16.1. The van der Waals surface area contributed by atoms with Crippen LogP contribution >= 0.6 is 11.6 Å². The topological polar surface area (TPSA) is 55.9 Å². The fourth-order valence-corrected chi connectivity index (χ4v) is 3.17. The van der Waals surface area contributed by atoms with E-state index in [0.29, 0.717) is 12.2 Å². The van der Waals surface area contributed by atoms with Crippen LogP contribution in [0.25, 0.3) is 0 Å². The minimum absolute atomic E-state index is 0.146. The van der Waals surface area contributed by atoms with Gasteiger partial charge in [-0.25, -0.2) is 4.39 Å². The number of carbonyl (C=O) groups is 2. The van der Waals surface area contributed by atoms with Gasteiger partial charge in [0.05, 0.1) is 23.8 Å². The molecule has 2 rings (SSSR count). The number of benzene rings is 1. The highest BCUT2D eigenvalue weighted by atomic mass is 35.5. The molecule has 1 aromatic carbocycles. The van der Waals surface area contributed by atoms with Crippen LogP contribution < -0.4 is 5.32 Å². The summed E-state index contributed by atoms with van der Waals surface area (Å²) < 4.78 is 13.0. The Labute approximate surface area is 158 Å². The van der Waals surface area contributed by atoms with Crippen LogP contribution in [0.4, 0.5) is 10.1 Å². The van der Waals surface area contributed by atoms with E-state index >= 15 is 0 Å². The number of nitrogens with one attached hydrogen (secondary N) is 1. The van der Waals surface area contributed by atoms with E-state index in [4.69, 9.17) is 11.6 Å². The smallest absolute Gasteiger partial charge is 0.238 e. The van der Waals surface area contributed by atoms with Crippen molar-refractivity contribution in [1.29, 1.82) is 0 Å². The maximum Gasteiger partial charge on any atom is 0.238 e. The normalized spacial score (nSPS) is 15.7. The van der Waals surface area contributed by atoms with Gasteiger partial charge in [-0.15, -0.1) is 0 Å². The second-order valence-electron chi connectivity index (χ2n) is 6.29. The monoisotopic (exact) mass is 384 g/mol. The summed E-state index contributed by atoms with van der Waals surface area (Å²) >= 11 is 5.92. The molecule has 0 bridgehead atoms. The second-order valence-corrected chi connectivity index (χ2v) is 6.70. The summed E-state index contributed by atoms with van der Waals surface area (Å²) in [4.78, 5) is 30.3. The Kier molecular flexibility index (Phi) is 7.81. The molecular weight excluding hydrogens is 359 g/mol. The van der Waals surface area contributed by atoms with Crippen molar-refractivity contribution in [3.8, 4) is 0 Å². The molecule has 6 nitrogen and oxygen atoms in total. The van der Waals surface area contributed by atoms with Crippen molar-refractivity contribution in [1.82, 2.24) is 14.7 Å². The fraction of sp³-hybridized carbons (Fsp3) is 0.556. The van der Waals surface area contributed by atoms with Gasteiger partial charge in [0.1, 0.15) is 5.82 Å². The molecule has 0 spiro atoms. The quantitative estimate of drug-likeness (QED) is 0.780. The lowest BCUT2D eigenvalue weighted by Crippen LogP contribution is -2.51. The van der Waals surface area contributed by atoms with Crippen molar-refractivity contribution in [2.24, 2.45) is 0 Å². The van der Waals surface area contributed by atoms with Crippen molar-refractivity contribution in [2.75, 3.05) is 57.7 Å². The van der Waals surface area contributed by atoms with Gasteiger partial charge < -0.3 is 10.2 Å². The number of halogens is 2. The summed E-state index contributed by atoms with van der Waals surface area (Å²) in [5.41, 5.74) is 0.404. The molecule has 8 heteroatoms. The molecule has 26 heavy (non-hydrogen) atoms. The van der Waals surface area contributed by atoms with Crippen LogP contribution in [0.3, 0.4) is 0 Å². The predicted octanol–water partition coefficient (Wildman–Crippen LogP) is 1.90. The number of anilines is 1. The number of rotatable bonds is 7. The van der Waals surface area contributed by atoms with E-state index in [1.54, 1.807) is 0 Å². The lowest BCUT2D eigenvalue weighted by atomic mass is 10.2. The van der Waals surface area contributed by atoms with E-state index in [9.17, 15) is 14.0 Å². The maximum atomic E-state index is 13.0. The van der Waals surface area contributed by atoms with Crippen molar-refractivity contribution >= 4 is 29.1 Å². The first-order valence-electron chi connectivity index (χ1n) is 8.90. The van der Waals surface area contributed by atoms with E-state index in [2.05, 4.69) is 10.2 Å². The Morgan fingerprint density at radius 3 is 2.23 bits per heavy atom. The van der Waals surface area contributed by atoms with Gasteiger partial charge in [0.2, 0.25) is 11.8 Å². The third-order valence-corrected chi connectivity index (χ3v) is 4.83. The van der Waals surface area contributed by atoms with Gasteiger partial charge in [-0.05, 0) is 32.0 Å². The maximum absolute atomic E-state index is 13.0. The van der Waals surface area contributed by atoms with Gasteiger partial charge in [0, 0.05) is 39.3 Å². The van der Waals surface area contributed by atoms with E-state index < -0.39 is 5.82 Å². The number of piperazine rings is 1. The molecule has 1 aliphatic heterocycles. The molecule has 0 atom stereocenters. The minimum Gasteiger partial charge on any atom is -0.342 e. The number of likely N-dealkylation sites (N-methyl/N-ethyl adjacent to an activating group) is 1. The number of hydrogen-bond acceptors (Lipinski definition) is 4. The highest BCUT2D eigenvalue weighted by Crippen LogP contribution is 2.22. The Morgan fingerprint density at radius 2 is 1.69 bits per heavy atom. The number of hydrogen-bond donors (Lipinski definition) is 1. The minimum atomic E-state index is -0.441. The molecule has 0 saturated carbocycles. The number of nitrogens with zero attached hydrogens (tertiary/aromatic N) is 3. The molecule has 1 fully saturated rings. The van der Waals surface area contributed by atoms with Gasteiger partial charge in [0.15, 0.2) is 0 Å². The largest absolute Gasteiger partial charge is 0.342 e. The van der Waals surface area contributed by atoms with Crippen LogP contribution in [0.5, 0.6) is 0 Å². The molecule has 1 aromatic rings. The molecular formula is C18H26ClFN4O2. The Bertz CT molecular complexity index is 632. The van der Waals surface area contributed by atoms with Crippen molar-refractivity contribution < 1.29 is 14.0 Å². The van der Waals surface area contributed by atoms with E-state index in [1.807, 2.05) is 23.6 Å². The molecule has 0 aromatic heterocycles. The third kappa shape index (κ3) is 5.93. The molecule has 0 aliphatic carbocycles. The van der Waals surface area contributed by atoms with Gasteiger partial charge in [-0.1, -0.05) is 11.6 Å².